The van der Waals surface area contributed by atoms with E-state index in [4.69, 9.17) is 0 Å². The van der Waals surface area contributed by atoms with Crippen LogP contribution in [0.2, 0.25) is 0 Å². The Morgan fingerprint density at radius 3 is 2.10 bits per heavy atom. The molecule has 0 bridgehead atoms. The molecule has 1 fully saturated rings. The third-order valence-corrected chi connectivity index (χ3v) is 6.19. The lowest BCUT2D eigenvalue weighted by molar-refractivity contribution is 0.106. The smallest absolute Gasteiger partial charge is 0.0383 e. The highest BCUT2D eigenvalue weighted by Crippen LogP contribution is 2.43. The third-order valence-electron chi connectivity index (χ3n) is 6.19. The molecule has 21 heavy (non-hydrogen) atoms. The molecule has 0 aliphatic heterocycles. The summed E-state index contributed by atoms with van der Waals surface area (Å²) in [6, 6.07) is 0. The Bertz CT molecular complexity index is 249. The number of hydrogen-bond acceptors (Lipinski definition) is 0. The van der Waals surface area contributed by atoms with Gasteiger partial charge in [-0.15, -0.1) is 0 Å². The van der Waals surface area contributed by atoms with Gasteiger partial charge in [0.1, 0.15) is 0 Å². The molecule has 0 heteroatoms. The summed E-state index contributed by atoms with van der Waals surface area (Å²) in [7, 11) is 0. The van der Waals surface area contributed by atoms with E-state index in [0.717, 1.165) is 35.5 Å². The maximum atomic E-state index is 2.52. The van der Waals surface area contributed by atoms with E-state index in [2.05, 4.69) is 41.5 Å². The molecule has 1 saturated carbocycles. The van der Waals surface area contributed by atoms with Crippen molar-refractivity contribution in [3.8, 4) is 0 Å². The molecule has 1 aliphatic rings. The van der Waals surface area contributed by atoms with Gasteiger partial charge in [-0.3, -0.25) is 0 Å². The lowest BCUT2D eigenvalue weighted by atomic mass is 9.65. The minimum Gasteiger partial charge on any atom is -0.0654 e. The molecule has 0 radical (unpaired) electrons. The van der Waals surface area contributed by atoms with Crippen LogP contribution in [0.1, 0.15) is 99.3 Å². The summed E-state index contributed by atoms with van der Waals surface area (Å²) in [5.41, 5.74) is 0. The molecule has 126 valence electrons. The summed E-state index contributed by atoms with van der Waals surface area (Å²) in [5.74, 6) is 5.91. The lowest BCUT2D eigenvalue weighted by Gasteiger charge is -2.40. The average Bonchev–Trinajstić information content (AvgIpc) is 2.38. The van der Waals surface area contributed by atoms with Crippen LogP contribution in [0.25, 0.3) is 0 Å². The van der Waals surface area contributed by atoms with Gasteiger partial charge in [-0.05, 0) is 54.8 Å². The molecular formula is C21H42. The Morgan fingerprint density at radius 1 is 0.905 bits per heavy atom. The van der Waals surface area contributed by atoms with Gasteiger partial charge in [0.05, 0.1) is 0 Å². The van der Waals surface area contributed by atoms with Crippen molar-refractivity contribution in [2.24, 2.45) is 35.5 Å². The second kappa shape index (κ2) is 9.90. The maximum absolute atomic E-state index is 2.52. The molecular weight excluding hydrogens is 252 g/mol. The first-order valence-electron chi connectivity index (χ1n) is 9.97. The Labute approximate surface area is 135 Å². The highest BCUT2D eigenvalue weighted by molar-refractivity contribution is 4.83. The van der Waals surface area contributed by atoms with E-state index < -0.39 is 0 Å². The van der Waals surface area contributed by atoms with Crippen molar-refractivity contribution in [2.45, 2.75) is 99.3 Å². The van der Waals surface area contributed by atoms with Gasteiger partial charge in [-0.25, -0.2) is 0 Å². The Kier molecular flexibility index (Phi) is 8.98. The van der Waals surface area contributed by atoms with Crippen LogP contribution in [-0.4, -0.2) is 0 Å². The molecule has 3 atom stereocenters. The van der Waals surface area contributed by atoms with Crippen LogP contribution in [0.4, 0.5) is 0 Å². The summed E-state index contributed by atoms with van der Waals surface area (Å²) >= 11 is 0. The maximum Gasteiger partial charge on any atom is -0.0383 e. The van der Waals surface area contributed by atoms with E-state index in [1.165, 1.54) is 57.8 Å². The molecule has 0 aromatic heterocycles. The summed E-state index contributed by atoms with van der Waals surface area (Å²) in [6.07, 6.45) is 13.1. The third kappa shape index (κ3) is 6.74. The van der Waals surface area contributed by atoms with Crippen molar-refractivity contribution in [2.75, 3.05) is 0 Å². The van der Waals surface area contributed by atoms with Gasteiger partial charge in [0, 0.05) is 0 Å². The normalized spacial score (nSPS) is 26.4. The van der Waals surface area contributed by atoms with Crippen LogP contribution < -0.4 is 0 Å². The van der Waals surface area contributed by atoms with Crippen LogP contribution in [0, 0.1) is 35.5 Å². The Balaban J connectivity index is 2.14. The van der Waals surface area contributed by atoms with Gasteiger partial charge in [0.2, 0.25) is 0 Å². The van der Waals surface area contributed by atoms with Crippen LogP contribution in [0.3, 0.4) is 0 Å². The molecule has 3 unspecified atom stereocenters. The van der Waals surface area contributed by atoms with E-state index in [-0.39, 0.29) is 0 Å². The second-order valence-corrected chi connectivity index (χ2v) is 8.57. The largest absolute Gasteiger partial charge is 0.0654 e. The summed E-state index contributed by atoms with van der Waals surface area (Å²) in [5, 5.41) is 0. The van der Waals surface area contributed by atoms with E-state index in [1.54, 1.807) is 0 Å². The monoisotopic (exact) mass is 294 g/mol. The van der Waals surface area contributed by atoms with Crippen molar-refractivity contribution in [3.05, 3.63) is 0 Å². The van der Waals surface area contributed by atoms with Gasteiger partial charge in [-0.2, -0.15) is 0 Å². The highest BCUT2D eigenvalue weighted by Gasteiger charge is 2.32. The molecule has 0 saturated heterocycles. The zero-order valence-electron chi connectivity index (χ0n) is 15.8. The summed E-state index contributed by atoms with van der Waals surface area (Å²) < 4.78 is 0. The Morgan fingerprint density at radius 2 is 1.57 bits per heavy atom. The van der Waals surface area contributed by atoms with Gasteiger partial charge >= 0.3 is 0 Å². The molecule has 0 N–H and O–H groups in total. The van der Waals surface area contributed by atoms with Crippen LogP contribution in [0.15, 0.2) is 0 Å². The molecule has 1 aliphatic carbocycles. The van der Waals surface area contributed by atoms with Crippen LogP contribution in [-0.2, 0) is 0 Å². The summed E-state index contributed by atoms with van der Waals surface area (Å²) in [6.45, 7) is 14.5. The Hall–Kier alpha value is 0. The first-order chi connectivity index (χ1) is 9.97. The SMILES string of the molecule is CCCC(C)C(CC)CCCC(C)C1CC(CC(C)C)C1. The van der Waals surface area contributed by atoms with Crippen molar-refractivity contribution in [1.82, 2.24) is 0 Å². The van der Waals surface area contributed by atoms with Crippen molar-refractivity contribution < 1.29 is 0 Å². The molecule has 0 amide bonds. The minimum absolute atomic E-state index is 0.900. The van der Waals surface area contributed by atoms with Crippen LogP contribution >= 0.6 is 0 Å². The molecule has 0 aromatic carbocycles. The van der Waals surface area contributed by atoms with Crippen molar-refractivity contribution in [1.29, 1.82) is 0 Å². The van der Waals surface area contributed by atoms with Gasteiger partial charge in [-0.1, -0.05) is 80.1 Å². The predicted molar refractivity (Wildman–Crippen MR) is 96.5 cm³/mol. The molecule has 1 rings (SSSR count). The van der Waals surface area contributed by atoms with E-state index in [0.29, 0.717) is 0 Å². The molecule has 0 spiro atoms. The topological polar surface area (TPSA) is 0 Å². The van der Waals surface area contributed by atoms with E-state index in [1.807, 2.05) is 0 Å². The van der Waals surface area contributed by atoms with Gasteiger partial charge < -0.3 is 0 Å². The fourth-order valence-corrected chi connectivity index (χ4v) is 4.63. The second-order valence-electron chi connectivity index (χ2n) is 8.57. The van der Waals surface area contributed by atoms with Gasteiger partial charge in [0.15, 0.2) is 0 Å². The highest BCUT2D eigenvalue weighted by atomic mass is 14.4. The van der Waals surface area contributed by atoms with E-state index >= 15 is 0 Å². The first kappa shape index (κ1) is 19.0. The minimum atomic E-state index is 0.900. The quantitative estimate of drug-likeness (QED) is 0.374. The summed E-state index contributed by atoms with van der Waals surface area (Å²) in [4.78, 5) is 0. The standard InChI is InChI=1S/C21H42/c1-7-10-17(5)20(8-2)12-9-11-18(6)21-14-19(15-21)13-16(3)4/h16-21H,7-15H2,1-6H3. The fraction of sp³-hybridized carbons (Fsp3) is 1.00. The van der Waals surface area contributed by atoms with Gasteiger partial charge in [0.25, 0.3) is 0 Å². The average molecular weight is 295 g/mol. The lowest BCUT2D eigenvalue weighted by Crippen LogP contribution is -2.29. The van der Waals surface area contributed by atoms with Crippen molar-refractivity contribution >= 4 is 0 Å². The van der Waals surface area contributed by atoms with E-state index in [9.17, 15) is 0 Å². The zero-order chi connectivity index (χ0) is 15.8. The number of hydrogen-bond donors (Lipinski definition) is 0. The molecule has 0 nitrogen and oxygen atoms in total. The van der Waals surface area contributed by atoms with Crippen molar-refractivity contribution in [3.63, 3.8) is 0 Å². The fourth-order valence-electron chi connectivity index (χ4n) is 4.63. The zero-order valence-corrected chi connectivity index (χ0v) is 15.8. The first-order valence-corrected chi connectivity index (χ1v) is 9.97. The number of rotatable bonds is 11. The molecule has 0 heterocycles. The van der Waals surface area contributed by atoms with Crippen LogP contribution in [0.5, 0.6) is 0 Å². The predicted octanol–water partition coefficient (Wildman–Crippen LogP) is 7.33. The molecule has 0 aromatic rings.